The van der Waals surface area contributed by atoms with Gasteiger partial charge in [0, 0.05) is 30.3 Å². The predicted octanol–water partition coefficient (Wildman–Crippen LogP) is 3.68. The van der Waals surface area contributed by atoms with Gasteiger partial charge in [0.15, 0.2) is 9.84 Å². The van der Waals surface area contributed by atoms with Gasteiger partial charge in [-0.1, -0.05) is 50.0 Å². The first-order valence-corrected chi connectivity index (χ1v) is 12.0. The molecule has 1 saturated carbocycles. The van der Waals surface area contributed by atoms with Crippen molar-refractivity contribution in [2.45, 2.75) is 45.1 Å². The summed E-state index contributed by atoms with van der Waals surface area (Å²) in [5.41, 5.74) is 0.202. The van der Waals surface area contributed by atoms with Gasteiger partial charge < -0.3 is 10.1 Å². The third-order valence-corrected chi connectivity index (χ3v) is 5.58. The van der Waals surface area contributed by atoms with Crippen LogP contribution in [0, 0.1) is 5.92 Å². The Labute approximate surface area is 177 Å². The normalized spacial score (nSPS) is 15.9. The summed E-state index contributed by atoms with van der Waals surface area (Å²) in [4.78, 5) is 21.7. The molecule has 1 aromatic carbocycles. The zero-order valence-corrected chi connectivity index (χ0v) is 18.1. The summed E-state index contributed by atoms with van der Waals surface area (Å²) in [5.74, 6) is 1.56. The Hall–Kier alpha value is -2.74. The number of amides is 1. The quantitative estimate of drug-likeness (QED) is 0.687. The molecule has 3 rings (SSSR count). The summed E-state index contributed by atoms with van der Waals surface area (Å²) in [6, 6.07) is 8.65. The summed E-state index contributed by atoms with van der Waals surface area (Å²) < 4.78 is 28.5. The Morgan fingerprint density at radius 1 is 1.27 bits per heavy atom. The van der Waals surface area contributed by atoms with Crippen molar-refractivity contribution in [2.75, 3.05) is 6.26 Å². The van der Waals surface area contributed by atoms with E-state index in [-0.39, 0.29) is 11.4 Å². The lowest BCUT2D eigenvalue weighted by molar-refractivity contribution is 0.0943. The van der Waals surface area contributed by atoms with Crippen molar-refractivity contribution in [3.8, 4) is 11.6 Å². The van der Waals surface area contributed by atoms with E-state index in [4.69, 9.17) is 4.74 Å². The highest BCUT2D eigenvalue weighted by molar-refractivity contribution is 7.93. The largest absolute Gasteiger partial charge is 0.438 e. The molecule has 1 aromatic heterocycles. The molecular formula is C22H27N3O4S. The minimum Gasteiger partial charge on any atom is -0.438 e. The smallest absolute Gasteiger partial charge is 0.258 e. The van der Waals surface area contributed by atoms with Crippen LogP contribution in [0.25, 0.3) is 0 Å². The lowest BCUT2D eigenvalue weighted by Crippen LogP contribution is -2.31. The first kappa shape index (κ1) is 22.0. The Morgan fingerprint density at radius 3 is 2.63 bits per heavy atom. The van der Waals surface area contributed by atoms with Crippen LogP contribution in [-0.2, 0) is 16.3 Å². The van der Waals surface area contributed by atoms with Crippen molar-refractivity contribution < 1.29 is 17.9 Å². The molecule has 1 N–H and O–H groups in total. The van der Waals surface area contributed by atoms with Crippen LogP contribution >= 0.6 is 0 Å². The molecule has 1 fully saturated rings. The Bertz CT molecular complexity index is 1000. The highest BCUT2D eigenvalue weighted by atomic mass is 32.2. The number of hydrogen-bond acceptors (Lipinski definition) is 6. The molecule has 1 aliphatic carbocycles. The molecule has 0 saturated heterocycles. The molecular weight excluding hydrogens is 402 g/mol. The van der Waals surface area contributed by atoms with Crippen molar-refractivity contribution in [3.05, 3.63) is 59.4 Å². The van der Waals surface area contributed by atoms with Crippen molar-refractivity contribution in [1.29, 1.82) is 0 Å². The minimum atomic E-state index is -3.27. The number of nitrogens with zero attached hydrogens (tertiary/aromatic N) is 2. The highest BCUT2D eigenvalue weighted by Crippen LogP contribution is 2.29. The second-order valence-corrected chi connectivity index (χ2v) is 9.63. The topological polar surface area (TPSA) is 98.2 Å². The number of aromatic nitrogens is 2. The van der Waals surface area contributed by atoms with Gasteiger partial charge in [0.2, 0.25) is 5.88 Å². The van der Waals surface area contributed by atoms with Gasteiger partial charge in [-0.15, -0.1) is 0 Å². The molecule has 0 bridgehead atoms. The van der Waals surface area contributed by atoms with Gasteiger partial charge >= 0.3 is 0 Å². The van der Waals surface area contributed by atoms with Crippen LogP contribution in [0.2, 0.25) is 0 Å². The van der Waals surface area contributed by atoms with E-state index in [9.17, 15) is 13.2 Å². The standard InChI is InChI=1S/C22H27N3O4S/c1-16(12-13-30(2,27)28)24-21(26)19-15-23-20(14-17-8-6-7-9-17)25-22(19)29-18-10-4-3-5-11-18/h3-5,10-13,15-17H,6-9,14H2,1-2H3,(H,24,26)/b13-12+. The monoisotopic (exact) mass is 429 g/mol. The van der Waals surface area contributed by atoms with Gasteiger partial charge in [0.1, 0.15) is 17.1 Å². The summed E-state index contributed by atoms with van der Waals surface area (Å²) in [7, 11) is -3.27. The first-order chi connectivity index (χ1) is 14.3. The van der Waals surface area contributed by atoms with E-state index in [2.05, 4.69) is 15.3 Å². The molecule has 2 aromatic rings. The number of ether oxygens (including phenoxy) is 1. The fraction of sp³-hybridized carbons (Fsp3) is 0.409. The molecule has 1 heterocycles. The van der Waals surface area contributed by atoms with Crippen LogP contribution in [0.15, 0.2) is 48.0 Å². The third kappa shape index (κ3) is 6.66. The maximum Gasteiger partial charge on any atom is 0.258 e. The van der Waals surface area contributed by atoms with E-state index in [0.29, 0.717) is 17.5 Å². The molecule has 160 valence electrons. The zero-order valence-electron chi connectivity index (χ0n) is 17.2. The van der Waals surface area contributed by atoms with Crippen LogP contribution in [0.1, 0.15) is 48.8 Å². The Kier molecular flexibility index (Phi) is 7.20. The molecule has 1 unspecified atom stereocenters. The lowest BCUT2D eigenvalue weighted by Gasteiger charge is -2.14. The Morgan fingerprint density at radius 2 is 1.97 bits per heavy atom. The summed E-state index contributed by atoms with van der Waals surface area (Å²) in [5, 5.41) is 3.81. The number of benzene rings is 1. The van der Waals surface area contributed by atoms with Gasteiger partial charge in [0.05, 0.1) is 0 Å². The third-order valence-electron chi connectivity index (χ3n) is 4.93. The van der Waals surface area contributed by atoms with Gasteiger partial charge in [-0.05, 0) is 25.0 Å². The maximum absolute atomic E-state index is 12.8. The molecule has 1 atom stereocenters. The van der Waals surface area contributed by atoms with Crippen molar-refractivity contribution in [1.82, 2.24) is 15.3 Å². The van der Waals surface area contributed by atoms with Crippen molar-refractivity contribution in [3.63, 3.8) is 0 Å². The second-order valence-electron chi connectivity index (χ2n) is 7.69. The lowest BCUT2D eigenvalue weighted by atomic mass is 10.0. The fourth-order valence-electron chi connectivity index (χ4n) is 3.40. The molecule has 8 heteroatoms. The SMILES string of the molecule is CC(/C=C/S(C)(=O)=O)NC(=O)c1cnc(CC2CCCC2)nc1Oc1ccccc1. The number of para-hydroxylation sites is 1. The minimum absolute atomic E-state index is 0.195. The van der Waals surface area contributed by atoms with E-state index < -0.39 is 21.8 Å². The van der Waals surface area contributed by atoms with Crippen molar-refractivity contribution >= 4 is 15.7 Å². The second kappa shape index (κ2) is 9.84. The van der Waals surface area contributed by atoms with E-state index in [1.54, 1.807) is 19.1 Å². The maximum atomic E-state index is 12.8. The summed E-state index contributed by atoms with van der Waals surface area (Å²) >= 11 is 0. The average Bonchev–Trinajstić information content (AvgIpc) is 3.20. The molecule has 30 heavy (non-hydrogen) atoms. The van der Waals surface area contributed by atoms with Gasteiger partial charge in [-0.25, -0.2) is 13.4 Å². The number of sulfone groups is 1. The number of rotatable bonds is 8. The molecule has 0 radical (unpaired) electrons. The van der Waals surface area contributed by atoms with Gasteiger partial charge in [0.25, 0.3) is 5.91 Å². The molecule has 0 aliphatic heterocycles. The van der Waals surface area contributed by atoms with E-state index >= 15 is 0 Å². The molecule has 7 nitrogen and oxygen atoms in total. The van der Waals surface area contributed by atoms with Crippen LogP contribution in [0.5, 0.6) is 11.6 Å². The number of nitrogens with one attached hydrogen (secondary N) is 1. The predicted molar refractivity (Wildman–Crippen MR) is 115 cm³/mol. The zero-order chi connectivity index (χ0) is 21.6. The molecule has 1 aliphatic rings. The average molecular weight is 430 g/mol. The number of carbonyl (C=O) groups is 1. The van der Waals surface area contributed by atoms with E-state index in [1.165, 1.54) is 38.0 Å². The first-order valence-electron chi connectivity index (χ1n) is 10.1. The van der Waals surface area contributed by atoms with Gasteiger partial charge in [-0.2, -0.15) is 4.98 Å². The molecule has 0 spiro atoms. The number of carbonyl (C=O) groups excluding carboxylic acids is 1. The summed E-state index contributed by atoms with van der Waals surface area (Å²) in [6.07, 6.45) is 9.57. The summed E-state index contributed by atoms with van der Waals surface area (Å²) in [6.45, 7) is 1.69. The van der Waals surface area contributed by atoms with Crippen LogP contribution in [-0.4, -0.2) is 36.6 Å². The van der Waals surface area contributed by atoms with Gasteiger partial charge in [-0.3, -0.25) is 4.79 Å². The molecule has 1 amide bonds. The van der Waals surface area contributed by atoms with Crippen molar-refractivity contribution in [2.24, 2.45) is 5.92 Å². The van der Waals surface area contributed by atoms with Crippen LogP contribution in [0.3, 0.4) is 0 Å². The van der Waals surface area contributed by atoms with E-state index in [1.807, 2.05) is 18.2 Å². The van der Waals surface area contributed by atoms with Crippen LogP contribution in [0.4, 0.5) is 0 Å². The Balaban J connectivity index is 1.82. The number of hydrogen-bond donors (Lipinski definition) is 1. The van der Waals surface area contributed by atoms with E-state index in [0.717, 1.165) is 18.1 Å². The van der Waals surface area contributed by atoms with Crippen LogP contribution < -0.4 is 10.1 Å². The fourth-order valence-corrected chi connectivity index (χ4v) is 3.92. The highest BCUT2D eigenvalue weighted by Gasteiger charge is 2.21.